The van der Waals surface area contributed by atoms with E-state index in [0.29, 0.717) is 37.6 Å². The number of amides is 2. The zero-order chi connectivity index (χ0) is 20.4. The van der Waals surface area contributed by atoms with Gasteiger partial charge >= 0.3 is 6.09 Å². The molecule has 2 aromatic heterocycles. The molecule has 0 aliphatic carbocycles. The normalized spacial score (nSPS) is 16.9. The SMILES string of the molecule is CCc1cnc(N2CCN(C(=O)c3ccc(N4CCOC4=O)nc3)CC2)c(C)c1. The van der Waals surface area contributed by atoms with E-state index in [4.69, 9.17) is 4.74 Å². The quantitative estimate of drug-likeness (QED) is 0.790. The van der Waals surface area contributed by atoms with Gasteiger partial charge in [0.15, 0.2) is 0 Å². The third kappa shape index (κ3) is 3.87. The Morgan fingerprint density at radius 1 is 1.10 bits per heavy atom. The van der Waals surface area contributed by atoms with E-state index in [2.05, 4.69) is 34.8 Å². The summed E-state index contributed by atoms with van der Waals surface area (Å²) in [7, 11) is 0. The minimum atomic E-state index is -0.399. The number of hydrogen-bond acceptors (Lipinski definition) is 6. The van der Waals surface area contributed by atoms with Crippen molar-refractivity contribution in [2.24, 2.45) is 0 Å². The fourth-order valence-electron chi connectivity index (χ4n) is 3.73. The highest BCUT2D eigenvalue weighted by Gasteiger charge is 2.26. The molecule has 29 heavy (non-hydrogen) atoms. The van der Waals surface area contributed by atoms with E-state index in [1.54, 1.807) is 12.1 Å². The standard InChI is InChI=1S/C21H25N5O3/c1-3-16-12-15(2)19(23-13-16)24-6-8-25(9-7-24)20(27)17-4-5-18(22-14-17)26-10-11-29-21(26)28/h4-5,12-14H,3,6-11H2,1-2H3. The van der Waals surface area contributed by atoms with Crippen molar-refractivity contribution in [1.82, 2.24) is 14.9 Å². The summed E-state index contributed by atoms with van der Waals surface area (Å²) in [6.45, 7) is 7.81. The predicted octanol–water partition coefficient (Wildman–Crippen LogP) is 2.27. The minimum Gasteiger partial charge on any atom is -0.447 e. The van der Waals surface area contributed by atoms with Gasteiger partial charge in [-0.2, -0.15) is 0 Å². The number of pyridine rings is 2. The van der Waals surface area contributed by atoms with Crippen LogP contribution in [-0.2, 0) is 11.2 Å². The third-order valence-corrected chi connectivity index (χ3v) is 5.41. The fourth-order valence-corrected chi connectivity index (χ4v) is 3.73. The van der Waals surface area contributed by atoms with Crippen LogP contribution in [-0.4, -0.2) is 66.2 Å². The van der Waals surface area contributed by atoms with Gasteiger partial charge in [-0.05, 0) is 36.6 Å². The predicted molar refractivity (Wildman–Crippen MR) is 109 cm³/mol. The molecule has 0 spiro atoms. The molecule has 2 aromatic rings. The molecular weight excluding hydrogens is 370 g/mol. The van der Waals surface area contributed by atoms with Gasteiger partial charge in [0, 0.05) is 38.6 Å². The Hall–Kier alpha value is -3.16. The molecule has 8 heteroatoms. The van der Waals surface area contributed by atoms with E-state index >= 15 is 0 Å². The smallest absolute Gasteiger partial charge is 0.415 e. The molecule has 2 fully saturated rings. The second-order valence-electron chi connectivity index (χ2n) is 7.29. The highest BCUT2D eigenvalue weighted by Crippen LogP contribution is 2.21. The number of nitrogens with zero attached hydrogens (tertiary/aromatic N) is 5. The van der Waals surface area contributed by atoms with Crippen molar-refractivity contribution in [2.45, 2.75) is 20.3 Å². The zero-order valence-corrected chi connectivity index (χ0v) is 16.8. The van der Waals surface area contributed by atoms with Gasteiger partial charge in [0.25, 0.3) is 5.91 Å². The fraction of sp³-hybridized carbons (Fsp3) is 0.429. The largest absolute Gasteiger partial charge is 0.447 e. The van der Waals surface area contributed by atoms with Crippen LogP contribution in [0, 0.1) is 6.92 Å². The molecular formula is C21H25N5O3. The van der Waals surface area contributed by atoms with Crippen molar-refractivity contribution < 1.29 is 14.3 Å². The molecule has 152 valence electrons. The summed E-state index contributed by atoms with van der Waals surface area (Å²) in [5, 5.41) is 0. The second-order valence-corrected chi connectivity index (χ2v) is 7.29. The van der Waals surface area contributed by atoms with Gasteiger partial charge in [0.1, 0.15) is 18.2 Å². The number of hydrogen-bond donors (Lipinski definition) is 0. The summed E-state index contributed by atoms with van der Waals surface area (Å²) in [4.78, 5) is 38.9. The first-order valence-corrected chi connectivity index (χ1v) is 9.97. The number of carbonyl (C=O) groups excluding carboxylic acids is 2. The Labute approximate surface area is 170 Å². The lowest BCUT2D eigenvalue weighted by molar-refractivity contribution is 0.0746. The van der Waals surface area contributed by atoms with E-state index in [0.717, 1.165) is 25.3 Å². The average molecular weight is 395 g/mol. The maximum absolute atomic E-state index is 12.8. The van der Waals surface area contributed by atoms with Crippen molar-refractivity contribution in [2.75, 3.05) is 49.1 Å². The van der Waals surface area contributed by atoms with Crippen molar-refractivity contribution in [3.63, 3.8) is 0 Å². The highest BCUT2D eigenvalue weighted by atomic mass is 16.6. The summed E-state index contributed by atoms with van der Waals surface area (Å²) < 4.78 is 4.92. The molecule has 0 aromatic carbocycles. The molecule has 2 aliphatic rings. The second kappa shape index (κ2) is 8.06. The van der Waals surface area contributed by atoms with E-state index < -0.39 is 6.09 Å². The lowest BCUT2D eigenvalue weighted by Crippen LogP contribution is -2.49. The minimum absolute atomic E-state index is 0.0429. The number of cyclic esters (lactones) is 1. The monoisotopic (exact) mass is 395 g/mol. The van der Waals surface area contributed by atoms with Crippen molar-refractivity contribution >= 4 is 23.6 Å². The van der Waals surface area contributed by atoms with Crippen LogP contribution >= 0.6 is 0 Å². The van der Waals surface area contributed by atoms with E-state index in [1.165, 1.54) is 22.2 Å². The zero-order valence-electron chi connectivity index (χ0n) is 16.8. The Morgan fingerprint density at radius 3 is 2.48 bits per heavy atom. The van der Waals surface area contributed by atoms with Crippen molar-refractivity contribution in [3.8, 4) is 0 Å². The number of rotatable bonds is 4. The van der Waals surface area contributed by atoms with Gasteiger partial charge < -0.3 is 14.5 Å². The number of anilines is 2. The highest BCUT2D eigenvalue weighted by molar-refractivity contribution is 5.95. The molecule has 0 atom stereocenters. The van der Waals surface area contributed by atoms with Gasteiger partial charge in [-0.25, -0.2) is 14.8 Å². The maximum Gasteiger partial charge on any atom is 0.415 e. The molecule has 4 rings (SSSR count). The molecule has 0 radical (unpaired) electrons. The van der Waals surface area contributed by atoms with Crippen LogP contribution in [0.25, 0.3) is 0 Å². The molecule has 0 N–H and O–H groups in total. The van der Waals surface area contributed by atoms with Crippen molar-refractivity contribution in [3.05, 3.63) is 47.3 Å². The van der Waals surface area contributed by atoms with Crippen LogP contribution < -0.4 is 9.80 Å². The van der Waals surface area contributed by atoms with Gasteiger partial charge in [-0.3, -0.25) is 9.69 Å². The summed E-state index contributed by atoms with van der Waals surface area (Å²) in [5.41, 5.74) is 2.93. The van der Waals surface area contributed by atoms with Crippen LogP contribution in [0.15, 0.2) is 30.6 Å². The Balaban J connectivity index is 1.38. The first-order valence-electron chi connectivity index (χ1n) is 9.97. The molecule has 8 nitrogen and oxygen atoms in total. The summed E-state index contributed by atoms with van der Waals surface area (Å²) in [6, 6.07) is 5.60. The number of carbonyl (C=O) groups is 2. The van der Waals surface area contributed by atoms with Crippen LogP contribution in [0.3, 0.4) is 0 Å². The van der Waals surface area contributed by atoms with Crippen molar-refractivity contribution in [1.29, 1.82) is 0 Å². The van der Waals surface area contributed by atoms with Crippen LogP contribution in [0.5, 0.6) is 0 Å². The van der Waals surface area contributed by atoms with Gasteiger partial charge in [-0.1, -0.05) is 13.0 Å². The molecule has 2 saturated heterocycles. The van der Waals surface area contributed by atoms with Gasteiger partial charge in [-0.15, -0.1) is 0 Å². The van der Waals surface area contributed by atoms with E-state index in [1.807, 2.05) is 11.1 Å². The Morgan fingerprint density at radius 2 is 1.90 bits per heavy atom. The Kier molecular flexibility index (Phi) is 5.33. The summed E-state index contributed by atoms with van der Waals surface area (Å²) in [5.74, 6) is 1.46. The van der Waals surface area contributed by atoms with Crippen LogP contribution in [0.1, 0.15) is 28.4 Å². The first kappa shape index (κ1) is 19.2. The lowest BCUT2D eigenvalue weighted by Gasteiger charge is -2.36. The summed E-state index contributed by atoms with van der Waals surface area (Å²) >= 11 is 0. The molecule has 4 heterocycles. The van der Waals surface area contributed by atoms with E-state index in [-0.39, 0.29) is 5.91 Å². The average Bonchev–Trinajstić information content (AvgIpc) is 3.19. The number of aromatic nitrogens is 2. The molecule has 0 bridgehead atoms. The topological polar surface area (TPSA) is 78.9 Å². The molecule has 2 amide bonds. The first-order chi connectivity index (χ1) is 14.1. The van der Waals surface area contributed by atoms with Crippen LogP contribution in [0.4, 0.5) is 16.4 Å². The summed E-state index contributed by atoms with van der Waals surface area (Å²) in [6.07, 6.45) is 4.04. The molecule has 0 saturated carbocycles. The Bertz CT molecular complexity index is 907. The number of aryl methyl sites for hydroxylation is 2. The van der Waals surface area contributed by atoms with Crippen LogP contribution in [0.2, 0.25) is 0 Å². The number of piperazine rings is 1. The maximum atomic E-state index is 12.8. The van der Waals surface area contributed by atoms with E-state index in [9.17, 15) is 9.59 Å². The van der Waals surface area contributed by atoms with Gasteiger partial charge in [0.05, 0.1) is 12.1 Å². The lowest BCUT2D eigenvalue weighted by atomic mass is 10.1. The van der Waals surface area contributed by atoms with Gasteiger partial charge in [0.2, 0.25) is 0 Å². The molecule has 0 unspecified atom stereocenters. The molecule has 2 aliphatic heterocycles. The number of ether oxygens (including phenoxy) is 1. The third-order valence-electron chi connectivity index (χ3n) is 5.41.